The average Bonchev–Trinajstić information content (AvgIpc) is 2.57. The van der Waals surface area contributed by atoms with Crippen molar-refractivity contribution in [2.24, 2.45) is 0 Å². The summed E-state index contributed by atoms with van der Waals surface area (Å²) in [6, 6.07) is 0. The predicted molar refractivity (Wildman–Crippen MR) is 87.0 cm³/mol. The monoisotopic (exact) mass is 295 g/mol. The van der Waals surface area contributed by atoms with Gasteiger partial charge >= 0.3 is 7.12 Å². The van der Waals surface area contributed by atoms with Gasteiger partial charge in [-0.25, -0.2) is 0 Å². The topological polar surface area (TPSA) is 38.8 Å². The Morgan fingerprint density at radius 2 is 1.62 bits per heavy atom. The van der Waals surface area contributed by atoms with Crippen LogP contribution in [0.1, 0.15) is 60.3 Å². The number of unbranched alkanes of at least 4 members (excludes halogenated alkanes) is 2. The SMILES string of the molecule is CCCCC/C(=C\C(=O)N(C)C)B1OC(C)(C)C(C)(C)O1. The van der Waals surface area contributed by atoms with Crippen LogP contribution in [0, 0.1) is 0 Å². The number of rotatable bonds is 6. The fraction of sp³-hybridized carbons (Fsp3) is 0.812. The largest absolute Gasteiger partial charge is 0.490 e. The first-order valence-corrected chi connectivity index (χ1v) is 7.88. The van der Waals surface area contributed by atoms with Crippen molar-refractivity contribution in [2.75, 3.05) is 14.1 Å². The molecule has 0 saturated carbocycles. The molecule has 0 N–H and O–H groups in total. The number of nitrogens with zero attached hydrogens (tertiary/aromatic N) is 1. The van der Waals surface area contributed by atoms with Gasteiger partial charge in [0, 0.05) is 14.1 Å². The number of hydrogen-bond donors (Lipinski definition) is 0. The zero-order valence-electron chi connectivity index (χ0n) is 14.7. The second-order valence-electron chi connectivity index (χ2n) is 7.00. The lowest BCUT2D eigenvalue weighted by molar-refractivity contribution is -0.123. The zero-order valence-corrected chi connectivity index (χ0v) is 14.7. The summed E-state index contributed by atoms with van der Waals surface area (Å²) in [5, 5.41) is 0. The first kappa shape index (κ1) is 18.2. The van der Waals surface area contributed by atoms with Crippen molar-refractivity contribution in [2.45, 2.75) is 71.5 Å². The van der Waals surface area contributed by atoms with E-state index in [0.717, 1.165) is 31.2 Å². The lowest BCUT2D eigenvalue weighted by Crippen LogP contribution is -2.41. The van der Waals surface area contributed by atoms with Crippen molar-refractivity contribution in [3.63, 3.8) is 0 Å². The Hall–Kier alpha value is -0.805. The van der Waals surface area contributed by atoms with Crippen LogP contribution in [0.4, 0.5) is 0 Å². The normalized spacial score (nSPS) is 20.7. The van der Waals surface area contributed by atoms with E-state index in [0.29, 0.717) is 0 Å². The molecule has 0 aromatic rings. The van der Waals surface area contributed by atoms with Gasteiger partial charge in [0.1, 0.15) is 0 Å². The summed E-state index contributed by atoms with van der Waals surface area (Å²) >= 11 is 0. The van der Waals surface area contributed by atoms with Gasteiger partial charge < -0.3 is 14.2 Å². The molecule has 120 valence electrons. The van der Waals surface area contributed by atoms with Crippen LogP contribution in [0.5, 0.6) is 0 Å². The molecule has 0 spiro atoms. The number of hydrogen-bond acceptors (Lipinski definition) is 3. The predicted octanol–water partition coefficient (Wildman–Crippen LogP) is 3.21. The molecule has 1 aliphatic rings. The first-order chi connectivity index (χ1) is 9.60. The van der Waals surface area contributed by atoms with Gasteiger partial charge in [0.15, 0.2) is 0 Å². The van der Waals surface area contributed by atoms with Crippen LogP contribution in [0.25, 0.3) is 0 Å². The molecular weight excluding hydrogens is 265 g/mol. The summed E-state index contributed by atoms with van der Waals surface area (Å²) in [7, 11) is 3.09. The van der Waals surface area contributed by atoms with Gasteiger partial charge in [-0.2, -0.15) is 0 Å². The highest BCUT2D eigenvalue weighted by atomic mass is 16.7. The van der Waals surface area contributed by atoms with Crippen LogP contribution in [-0.4, -0.2) is 43.2 Å². The van der Waals surface area contributed by atoms with Gasteiger partial charge in [0.25, 0.3) is 0 Å². The van der Waals surface area contributed by atoms with E-state index in [1.807, 2.05) is 27.7 Å². The molecular formula is C16H30BNO3. The summed E-state index contributed by atoms with van der Waals surface area (Å²) in [4.78, 5) is 13.6. The van der Waals surface area contributed by atoms with E-state index in [4.69, 9.17) is 9.31 Å². The van der Waals surface area contributed by atoms with Gasteiger partial charge in [-0.1, -0.05) is 26.2 Å². The van der Waals surface area contributed by atoms with Crippen molar-refractivity contribution in [3.8, 4) is 0 Å². The van der Waals surface area contributed by atoms with Crippen LogP contribution in [0.15, 0.2) is 11.5 Å². The van der Waals surface area contributed by atoms with Crippen LogP contribution in [0.2, 0.25) is 0 Å². The van der Waals surface area contributed by atoms with E-state index in [2.05, 4.69) is 6.92 Å². The van der Waals surface area contributed by atoms with Crippen LogP contribution < -0.4 is 0 Å². The lowest BCUT2D eigenvalue weighted by Gasteiger charge is -2.32. The van der Waals surface area contributed by atoms with Crippen LogP contribution in [-0.2, 0) is 14.1 Å². The van der Waals surface area contributed by atoms with E-state index in [9.17, 15) is 4.79 Å². The summed E-state index contributed by atoms with van der Waals surface area (Å²) < 4.78 is 12.2. The average molecular weight is 295 g/mol. The molecule has 1 fully saturated rings. The molecule has 1 aliphatic heterocycles. The van der Waals surface area contributed by atoms with Crippen molar-refractivity contribution in [3.05, 3.63) is 11.5 Å². The molecule has 1 rings (SSSR count). The third kappa shape index (κ3) is 4.58. The minimum atomic E-state index is -0.421. The molecule has 1 saturated heterocycles. The molecule has 0 aromatic carbocycles. The summed E-state index contributed by atoms with van der Waals surface area (Å²) in [6.45, 7) is 10.3. The van der Waals surface area contributed by atoms with Gasteiger partial charge in [-0.05, 0) is 45.7 Å². The fourth-order valence-corrected chi connectivity index (χ4v) is 2.12. The van der Waals surface area contributed by atoms with Gasteiger partial charge in [-0.15, -0.1) is 0 Å². The van der Waals surface area contributed by atoms with E-state index < -0.39 is 7.12 Å². The van der Waals surface area contributed by atoms with Gasteiger partial charge in [0.05, 0.1) is 11.2 Å². The standard InChI is InChI=1S/C16H30BNO3/c1-8-9-10-11-13(12-14(19)18(6)7)17-20-15(2,3)16(4,5)21-17/h12H,8-11H2,1-7H3/b13-12+. The number of likely N-dealkylation sites (N-methyl/N-ethyl adjacent to an activating group) is 1. The Kier molecular flexibility index (Phi) is 6.06. The summed E-state index contributed by atoms with van der Waals surface area (Å²) in [6.07, 6.45) is 5.86. The van der Waals surface area contributed by atoms with E-state index >= 15 is 0 Å². The lowest BCUT2D eigenvalue weighted by atomic mass is 9.75. The molecule has 0 aliphatic carbocycles. The highest BCUT2D eigenvalue weighted by Gasteiger charge is 2.52. The van der Waals surface area contributed by atoms with Gasteiger partial charge in [0.2, 0.25) is 5.91 Å². The maximum absolute atomic E-state index is 12.0. The summed E-state index contributed by atoms with van der Waals surface area (Å²) in [5.41, 5.74) is 0.200. The van der Waals surface area contributed by atoms with E-state index in [1.165, 1.54) is 0 Å². The number of carbonyl (C=O) groups is 1. The molecule has 0 radical (unpaired) electrons. The zero-order chi connectivity index (χ0) is 16.3. The van der Waals surface area contributed by atoms with Crippen molar-refractivity contribution >= 4 is 13.0 Å². The number of carbonyl (C=O) groups excluding carboxylic acids is 1. The Labute approximate surface area is 130 Å². The highest BCUT2D eigenvalue weighted by Crippen LogP contribution is 2.39. The molecule has 4 nitrogen and oxygen atoms in total. The Bertz CT molecular complexity index is 386. The second-order valence-corrected chi connectivity index (χ2v) is 7.00. The maximum atomic E-state index is 12.0. The van der Waals surface area contributed by atoms with Crippen molar-refractivity contribution < 1.29 is 14.1 Å². The number of amides is 1. The summed E-state index contributed by atoms with van der Waals surface area (Å²) in [5.74, 6) is -0.0174. The molecule has 1 amide bonds. The smallest absolute Gasteiger partial charge is 0.400 e. The fourth-order valence-electron chi connectivity index (χ4n) is 2.12. The Morgan fingerprint density at radius 3 is 2.05 bits per heavy atom. The molecule has 0 aromatic heterocycles. The van der Waals surface area contributed by atoms with Gasteiger partial charge in [-0.3, -0.25) is 4.79 Å². The number of allylic oxidation sites excluding steroid dienone is 1. The van der Waals surface area contributed by atoms with E-state index in [-0.39, 0.29) is 17.1 Å². The molecule has 5 heteroatoms. The molecule has 0 atom stereocenters. The molecule has 0 bridgehead atoms. The minimum absolute atomic E-state index is 0.0174. The van der Waals surface area contributed by atoms with Crippen molar-refractivity contribution in [1.29, 1.82) is 0 Å². The molecule has 21 heavy (non-hydrogen) atoms. The maximum Gasteiger partial charge on any atom is 0.490 e. The van der Waals surface area contributed by atoms with Crippen LogP contribution >= 0.6 is 0 Å². The molecule has 0 unspecified atom stereocenters. The quantitative estimate of drug-likeness (QED) is 0.429. The van der Waals surface area contributed by atoms with E-state index in [1.54, 1.807) is 25.1 Å². The minimum Gasteiger partial charge on any atom is -0.400 e. The third-order valence-electron chi connectivity index (χ3n) is 4.37. The first-order valence-electron chi connectivity index (χ1n) is 7.88. The highest BCUT2D eigenvalue weighted by molar-refractivity contribution is 6.55. The van der Waals surface area contributed by atoms with Crippen LogP contribution in [0.3, 0.4) is 0 Å². The second kappa shape index (κ2) is 6.97. The third-order valence-corrected chi connectivity index (χ3v) is 4.37. The Balaban J connectivity index is 2.90. The Morgan fingerprint density at radius 1 is 1.10 bits per heavy atom. The van der Waals surface area contributed by atoms with Crippen molar-refractivity contribution in [1.82, 2.24) is 4.90 Å². The molecule has 1 heterocycles.